The molecule has 0 fully saturated rings. The largest absolute Gasteiger partial charge is 0.294 e. The number of hydrogen-bond donors (Lipinski definition) is 0. The average molecular weight is 398 g/mol. The first-order chi connectivity index (χ1) is 13.0. The van der Waals surface area contributed by atoms with E-state index in [4.69, 9.17) is 23.2 Å². The SMILES string of the molecule is O=C(CCC(C(=O)c1cccc(Cl)c1)c1cccnc1)c1cccc(Cl)c1. The zero-order valence-corrected chi connectivity index (χ0v) is 16.0. The average Bonchev–Trinajstić information content (AvgIpc) is 2.68. The van der Waals surface area contributed by atoms with Crippen LogP contribution in [0.15, 0.2) is 73.1 Å². The molecular formula is C22H17Cl2NO2. The molecule has 3 aromatic rings. The van der Waals surface area contributed by atoms with Gasteiger partial charge in [0.25, 0.3) is 0 Å². The lowest BCUT2D eigenvalue weighted by atomic mass is 9.86. The molecule has 0 saturated heterocycles. The summed E-state index contributed by atoms with van der Waals surface area (Å²) in [5.74, 6) is -0.602. The summed E-state index contributed by atoms with van der Waals surface area (Å²) in [7, 11) is 0. The minimum atomic E-state index is -0.472. The first kappa shape index (κ1) is 19.3. The number of pyridine rings is 1. The zero-order valence-electron chi connectivity index (χ0n) is 14.4. The van der Waals surface area contributed by atoms with Crippen LogP contribution in [0.3, 0.4) is 0 Å². The van der Waals surface area contributed by atoms with Crippen LogP contribution < -0.4 is 0 Å². The molecule has 1 heterocycles. The van der Waals surface area contributed by atoms with Gasteiger partial charge in [-0.25, -0.2) is 0 Å². The molecule has 2 aromatic carbocycles. The maximum absolute atomic E-state index is 13.1. The lowest BCUT2D eigenvalue weighted by Crippen LogP contribution is -2.15. The van der Waals surface area contributed by atoms with E-state index in [2.05, 4.69) is 4.98 Å². The number of carbonyl (C=O) groups excluding carboxylic acids is 2. The number of carbonyl (C=O) groups is 2. The lowest BCUT2D eigenvalue weighted by Gasteiger charge is -2.16. The van der Waals surface area contributed by atoms with Gasteiger partial charge in [0.2, 0.25) is 0 Å². The van der Waals surface area contributed by atoms with Gasteiger partial charge in [0.1, 0.15) is 0 Å². The van der Waals surface area contributed by atoms with Gasteiger partial charge in [-0.2, -0.15) is 0 Å². The highest BCUT2D eigenvalue weighted by Gasteiger charge is 2.23. The minimum Gasteiger partial charge on any atom is -0.294 e. The summed E-state index contributed by atoms with van der Waals surface area (Å²) in [6.45, 7) is 0. The third kappa shape index (κ3) is 5.03. The predicted molar refractivity (Wildman–Crippen MR) is 108 cm³/mol. The van der Waals surface area contributed by atoms with E-state index in [1.807, 2.05) is 6.07 Å². The Kier molecular flexibility index (Phi) is 6.38. The van der Waals surface area contributed by atoms with Crippen molar-refractivity contribution in [1.82, 2.24) is 4.98 Å². The molecular weight excluding hydrogens is 381 g/mol. The van der Waals surface area contributed by atoms with Gasteiger partial charge in [-0.3, -0.25) is 14.6 Å². The Balaban J connectivity index is 1.83. The van der Waals surface area contributed by atoms with Gasteiger partial charge in [0.15, 0.2) is 11.6 Å². The molecule has 0 saturated carbocycles. The Morgan fingerprint density at radius 3 is 2.19 bits per heavy atom. The highest BCUT2D eigenvalue weighted by Crippen LogP contribution is 2.27. The summed E-state index contributed by atoms with van der Waals surface area (Å²) in [6.07, 6.45) is 3.92. The molecule has 0 aliphatic carbocycles. The van der Waals surface area contributed by atoms with Crippen LogP contribution in [-0.4, -0.2) is 16.6 Å². The molecule has 0 radical (unpaired) electrons. The highest BCUT2D eigenvalue weighted by atomic mass is 35.5. The first-order valence-corrected chi connectivity index (χ1v) is 9.28. The number of rotatable bonds is 7. The molecule has 0 spiro atoms. The van der Waals surface area contributed by atoms with Crippen molar-refractivity contribution in [2.24, 2.45) is 0 Å². The van der Waals surface area contributed by atoms with Gasteiger partial charge in [-0.05, 0) is 42.3 Å². The molecule has 3 rings (SSSR count). The summed E-state index contributed by atoms with van der Waals surface area (Å²) >= 11 is 12.0. The summed E-state index contributed by atoms with van der Waals surface area (Å²) in [5, 5.41) is 1.01. The van der Waals surface area contributed by atoms with Crippen molar-refractivity contribution in [2.75, 3.05) is 0 Å². The van der Waals surface area contributed by atoms with Crippen LogP contribution in [0.2, 0.25) is 10.0 Å². The number of benzene rings is 2. The van der Waals surface area contributed by atoms with Gasteiger partial charge in [-0.15, -0.1) is 0 Å². The van der Waals surface area contributed by atoms with Crippen LogP contribution >= 0.6 is 23.2 Å². The van der Waals surface area contributed by atoms with Gasteiger partial charge in [0, 0.05) is 45.9 Å². The summed E-state index contributed by atoms with van der Waals surface area (Å²) < 4.78 is 0. The van der Waals surface area contributed by atoms with Crippen molar-refractivity contribution >= 4 is 34.8 Å². The standard InChI is InChI=1S/C22H17Cl2NO2/c23-18-7-1-4-15(12-18)21(26)10-9-20(17-6-3-11-25-14-17)22(27)16-5-2-8-19(24)13-16/h1-8,11-14,20H,9-10H2. The van der Waals surface area contributed by atoms with Crippen molar-refractivity contribution < 1.29 is 9.59 Å². The molecule has 1 aromatic heterocycles. The number of hydrogen-bond acceptors (Lipinski definition) is 3. The number of nitrogens with zero attached hydrogens (tertiary/aromatic N) is 1. The van der Waals surface area contributed by atoms with E-state index in [1.54, 1.807) is 67.0 Å². The van der Waals surface area contributed by atoms with Gasteiger partial charge < -0.3 is 0 Å². The van der Waals surface area contributed by atoms with Crippen molar-refractivity contribution in [1.29, 1.82) is 0 Å². The van der Waals surface area contributed by atoms with E-state index in [1.165, 1.54) is 0 Å². The van der Waals surface area contributed by atoms with Crippen LogP contribution in [0.25, 0.3) is 0 Å². The van der Waals surface area contributed by atoms with E-state index < -0.39 is 5.92 Å². The van der Waals surface area contributed by atoms with Crippen molar-refractivity contribution in [2.45, 2.75) is 18.8 Å². The molecule has 136 valence electrons. The second-order valence-electron chi connectivity index (χ2n) is 6.19. The van der Waals surface area contributed by atoms with E-state index >= 15 is 0 Å². The quantitative estimate of drug-likeness (QED) is 0.458. The van der Waals surface area contributed by atoms with Crippen LogP contribution in [0.5, 0.6) is 0 Å². The number of aromatic nitrogens is 1. The number of halogens is 2. The molecule has 0 aliphatic heterocycles. The molecule has 1 unspecified atom stereocenters. The Hall–Kier alpha value is -2.49. The molecule has 0 bridgehead atoms. The number of Topliss-reactive ketones (excluding diaryl/α,β-unsaturated/α-hetero) is 2. The van der Waals surface area contributed by atoms with E-state index in [-0.39, 0.29) is 18.0 Å². The van der Waals surface area contributed by atoms with Crippen LogP contribution in [-0.2, 0) is 0 Å². The minimum absolute atomic E-state index is 0.0507. The summed E-state index contributed by atoms with van der Waals surface area (Å²) in [6, 6.07) is 17.3. The van der Waals surface area contributed by atoms with Crippen molar-refractivity contribution in [3.8, 4) is 0 Å². The molecule has 0 amide bonds. The van der Waals surface area contributed by atoms with Gasteiger partial charge >= 0.3 is 0 Å². The fourth-order valence-corrected chi connectivity index (χ4v) is 3.34. The van der Waals surface area contributed by atoms with E-state index in [9.17, 15) is 9.59 Å². The Morgan fingerprint density at radius 1 is 0.889 bits per heavy atom. The lowest BCUT2D eigenvalue weighted by molar-refractivity contribution is 0.0936. The third-order valence-corrected chi connectivity index (χ3v) is 4.79. The maximum atomic E-state index is 13.1. The van der Waals surface area contributed by atoms with E-state index in [0.29, 0.717) is 27.6 Å². The molecule has 3 nitrogen and oxygen atoms in total. The van der Waals surface area contributed by atoms with E-state index in [0.717, 1.165) is 5.56 Å². The Morgan fingerprint density at radius 2 is 1.56 bits per heavy atom. The highest BCUT2D eigenvalue weighted by molar-refractivity contribution is 6.31. The smallest absolute Gasteiger partial charge is 0.170 e. The molecule has 0 aliphatic rings. The van der Waals surface area contributed by atoms with Crippen LogP contribution in [0.4, 0.5) is 0 Å². The normalized spacial score (nSPS) is 11.8. The molecule has 1 atom stereocenters. The molecule has 0 N–H and O–H groups in total. The number of ketones is 2. The monoisotopic (exact) mass is 397 g/mol. The molecule has 5 heteroatoms. The zero-order chi connectivity index (χ0) is 19.2. The third-order valence-electron chi connectivity index (χ3n) is 4.32. The fourth-order valence-electron chi connectivity index (χ4n) is 2.96. The summed E-state index contributed by atoms with van der Waals surface area (Å²) in [4.78, 5) is 29.7. The van der Waals surface area contributed by atoms with Crippen LogP contribution in [0, 0.1) is 0 Å². The topological polar surface area (TPSA) is 47.0 Å². The second kappa shape index (κ2) is 8.94. The van der Waals surface area contributed by atoms with Gasteiger partial charge in [0.05, 0.1) is 0 Å². The van der Waals surface area contributed by atoms with Crippen molar-refractivity contribution in [3.05, 3.63) is 99.8 Å². The predicted octanol–water partition coefficient (Wildman–Crippen LogP) is 6.02. The maximum Gasteiger partial charge on any atom is 0.170 e. The van der Waals surface area contributed by atoms with Crippen LogP contribution in [0.1, 0.15) is 45.0 Å². The Labute approximate surface area is 168 Å². The Bertz CT molecular complexity index is 957. The molecule has 27 heavy (non-hydrogen) atoms. The second-order valence-corrected chi connectivity index (χ2v) is 7.06. The van der Waals surface area contributed by atoms with Crippen molar-refractivity contribution in [3.63, 3.8) is 0 Å². The summed E-state index contributed by atoms with van der Waals surface area (Å²) in [5.41, 5.74) is 1.84. The first-order valence-electron chi connectivity index (χ1n) is 8.53. The van der Waals surface area contributed by atoms with Gasteiger partial charge in [-0.1, -0.05) is 53.5 Å². The fraction of sp³-hybridized carbons (Fsp3) is 0.136.